The van der Waals surface area contributed by atoms with Crippen LogP contribution in [0.3, 0.4) is 0 Å². The van der Waals surface area contributed by atoms with Gasteiger partial charge in [-0.3, -0.25) is 0 Å². The Balaban J connectivity index is 1.78. The summed E-state index contributed by atoms with van der Waals surface area (Å²) in [4.78, 5) is 0.774. The molecule has 144 valence electrons. The predicted molar refractivity (Wildman–Crippen MR) is 113 cm³/mol. The van der Waals surface area contributed by atoms with Crippen LogP contribution in [0.2, 0.25) is 5.02 Å². The fraction of sp³-hybridized carbons (Fsp3) is 0.182. The number of hydrogen-bond acceptors (Lipinski definition) is 4. The van der Waals surface area contributed by atoms with E-state index < -0.39 is 0 Å². The van der Waals surface area contributed by atoms with Gasteiger partial charge in [0.15, 0.2) is 5.75 Å². The zero-order valence-electron chi connectivity index (χ0n) is 15.3. The van der Waals surface area contributed by atoms with E-state index in [4.69, 9.17) is 21.1 Å². The number of hydrogen-bond donors (Lipinski definition) is 1. The molecule has 0 aromatic heterocycles. The van der Waals surface area contributed by atoms with E-state index in [1.807, 2.05) is 30.3 Å². The highest BCUT2D eigenvalue weighted by molar-refractivity contribution is 8.00. The standard InChI is InChI=1S/C22H19ClFNO2S/c1-26-22-18(23)10-14-11-21(22)28-25-20-12-16(6-7-19(20)24)17-5-3-2-4-15(17)8-9-27-13-14/h2-7,10-12,25H,8-9,13H2,1H3. The summed E-state index contributed by atoms with van der Waals surface area (Å²) in [5.41, 5.74) is 4.55. The van der Waals surface area contributed by atoms with E-state index in [0.717, 1.165) is 28.0 Å². The molecule has 4 rings (SSSR count). The average Bonchev–Trinajstić information content (AvgIpc) is 2.70. The van der Waals surface area contributed by atoms with Crippen LogP contribution in [0, 0.1) is 5.82 Å². The Kier molecular flexibility index (Phi) is 5.76. The van der Waals surface area contributed by atoms with Crippen molar-refractivity contribution >= 4 is 29.2 Å². The van der Waals surface area contributed by atoms with Crippen molar-refractivity contribution in [1.82, 2.24) is 0 Å². The summed E-state index contributed by atoms with van der Waals surface area (Å²) < 4.78 is 28.9. The van der Waals surface area contributed by atoms with E-state index >= 15 is 0 Å². The molecule has 3 aromatic rings. The molecule has 1 heterocycles. The van der Waals surface area contributed by atoms with Crippen LogP contribution >= 0.6 is 23.5 Å². The highest BCUT2D eigenvalue weighted by atomic mass is 35.5. The quantitative estimate of drug-likeness (QED) is 0.469. The zero-order chi connectivity index (χ0) is 19.5. The third-order valence-electron chi connectivity index (χ3n) is 4.62. The smallest absolute Gasteiger partial charge is 0.152 e. The van der Waals surface area contributed by atoms with Crippen LogP contribution in [0.5, 0.6) is 5.75 Å². The molecule has 0 fully saturated rings. The van der Waals surface area contributed by atoms with Gasteiger partial charge in [-0.1, -0.05) is 41.9 Å². The van der Waals surface area contributed by atoms with E-state index in [2.05, 4.69) is 16.9 Å². The summed E-state index contributed by atoms with van der Waals surface area (Å²) in [5.74, 6) is 0.238. The normalized spacial score (nSPS) is 13.8. The first kappa shape index (κ1) is 19.1. The van der Waals surface area contributed by atoms with Crippen molar-refractivity contribution < 1.29 is 13.9 Å². The Morgan fingerprint density at radius 2 is 2.00 bits per heavy atom. The number of fused-ring (bicyclic) bond motifs is 6. The topological polar surface area (TPSA) is 30.5 Å². The first-order valence-electron chi connectivity index (χ1n) is 8.90. The minimum Gasteiger partial charge on any atom is -0.494 e. The summed E-state index contributed by atoms with van der Waals surface area (Å²) in [5, 5.41) is 0.500. The van der Waals surface area contributed by atoms with Gasteiger partial charge in [-0.05, 0) is 64.9 Å². The highest BCUT2D eigenvalue weighted by Crippen LogP contribution is 2.38. The number of benzene rings is 3. The second kappa shape index (κ2) is 8.43. The van der Waals surface area contributed by atoms with Gasteiger partial charge >= 0.3 is 0 Å². The van der Waals surface area contributed by atoms with Crippen molar-refractivity contribution in [2.75, 3.05) is 18.4 Å². The van der Waals surface area contributed by atoms with Crippen molar-refractivity contribution in [2.24, 2.45) is 0 Å². The van der Waals surface area contributed by atoms with Crippen molar-refractivity contribution in [3.8, 4) is 16.9 Å². The summed E-state index contributed by atoms with van der Waals surface area (Å²) in [6.45, 7) is 1.02. The van der Waals surface area contributed by atoms with Gasteiger partial charge in [-0.15, -0.1) is 0 Å². The molecule has 1 N–H and O–H groups in total. The third-order valence-corrected chi connectivity index (χ3v) is 5.75. The van der Waals surface area contributed by atoms with E-state index in [-0.39, 0.29) is 5.82 Å². The van der Waals surface area contributed by atoms with Crippen LogP contribution in [0.1, 0.15) is 11.1 Å². The molecule has 0 spiro atoms. The fourth-order valence-electron chi connectivity index (χ4n) is 3.25. The molecule has 0 aliphatic carbocycles. The van der Waals surface area contributed by atoms with E-state index in [9.17, 15) is 4.39 Å². The van der Waals surface area contributed by atoms with Crippen LogP contribution < -0.4 is 9.46 Å². The molecule has 1 aliphatic heterocycles. The predicted octanol–water partition coefficient (Wildman–Crippen LogP) is 6.35. The number of ether oxygens (including phenoxy) is 2. The maximum atomic E-state index is 14.4. The summed E-state index contributed by atoms with van der Waals surface area (Å²) in [6.07, 6.45) is 0.766. The second-order valence-electron chi connectivity index (χ2n) is 6.47. The Bertz CT molecular complexity index is 1010. The van der Waals surface area contributed by atoms with Gasteiger partial charge in [0.1, 0.15) is 5.82 Å². The first-order valence-corrected chi connectivity index (χ1v) is 10.1. The number of anilines is 1. The van der Waals surface area contributed by atoms with Crippen LogP contribution in [-0.2, 0) is 17.8 Å². The Hall–Kier alpha value is -2.21. The van der Waals surface area contributed by atoms with Gasteiger partial charge in [0.2, 0.25) is 0 Å². The molecule has 0 amide bonds. The maximum absolute atomic E-state index is 14.4. The van der Waals surface area contributed by atoms with Crippen LogP contribution in [0.15, 0.2) is 59.5 Å². The number of halogens is 2. The van der Waals surface area contributed by atoms with Gasteiger partial charge in [0, 0.05) is 0 Å². The fourth-order valence-corrected chi connectivity index (χ4v) is 4.50. The first-order chi connectivity index (χ1) is 13.7. The van der Waals surface area contributed by atoms with Crippen LogP contribution in [0.25, 0.3) is 11.1 Å². The Morgan fingerprint density at radius 1 is 1.14 bits per heavy atom. The SMILES string of the molecule is COc1c(Cl)cc2cc1SNc1cc(ccc1F)-c1ccccc1CCOC2. The van der Waals surface area contributed by atoms with E-state index in [1.165, 1.54) is 23.6 Å². The number of rotatable bonds is 1. The molecule has 0 saturated carbocycles. The maximum Gasteiger partial charge on any atom is 0.152 e. The molecule has 0 radical (unpaired) electrons. The van der Waals surface area contributed by atoms with E-state index in [0.29, 0.717) is 29.7 Å². The minimum absolute atomic E-state index is 0.314. The molecule has 3 nitrogen and oxygen atoms in total. The third kappa shape index (κ3) is 3.97. The molecule has 3 aromatic carbocycles. The largest absolute Gasteiger partial charge is 0.494 e. The molecule has 0 saturated heterocycles. The van der Waals surface area contributed by atoms with Gasteiger partial charge in [0.05, 0.1) is 35.9 Å². The summed E-state index contributed by atoms with van der Waals surface area (Å²) >= 11 is 7.63. The molecule has 0 unspecified atom stereocenters. The van der Waals surface area contributed by atoms with Crippen LogP contribution in [0.4, 0.5) is 10.1 Å². The van der Waals surface area contributed by atoms with Gasteiger partial charge in [-0.25, -0.2) is 4.39 Å². The van der Waals surface area contributed by atoms with Crippen molar-refractivity contribution in [2.45, 2.75) is 17.9 Å². The lowest BCUT2D eigenvalue weighted by Gasteiger charge is -2.16. The molecule has 0 atom stereocenters. The molecule has 6 heteroatoms. The molecular weight excluding hydrogens is 397 g/mol. The Morgan fingerprint density at radius 3 is 2.86 bits per heavy atom. The highest BCUT2D eigenvalue weighted by Gasteiger charge is 2.15. The zero-order valence-corrected chi connectivity index (χ0v) is 16.9. The monoisotopic (exact) mass is 415 g/mol. The molecule has 1 aliphatic rings. The van der Waals surface area contributed by atoms with E-state index in [1.54, 1.807) is 13.2 Å². The minimum atomic E-state index is -0.314. The average molecular weight is 416 g/mol. The summed E-state index contributed by atoms with van der Waals surface area (Å²) in [7, 11) is 1.57. The lowest BCUT2D eigenvalue weighted by atomic mass is 9.97. The second-order valence-corrected chi connectivity index (χ2v) is 7.72. The van der Waals surface area contributed by atoms with Gasteiger partial charge in [-0.2, -0.15) is 0 Å². The lowest BCUT2D eigenvalue weighted by Crippen LogP contribution is -2.03. The van der Waals surface area contributed by atoms with Gasteiger partial charge in [0.25, 0.3) is 0 Å². The van der Waals surface area contributed by atoms with Gasteiger partial charge < -0.3 is 14.2 Å². The molecular formula is C22H19ClFNO2S. The Labute approximate surface area is 173 Å². The lowest BCUT2D eigenvalue weighted by molar-refractivity contribution is 0.123. The molecule has 4 bridgehead atoms. The number of nitrogens with one attached hydrogen (secondary N) is 1. The van der Waals surface area contributed by atoms with Crippen molar-refractivity contribution in [3.05, 3.63) is 76.6 Å². The van der Waals surface area contributed by atoms with Crippen LogP contribution in [-0.4, -0.2) is 13.7 Å². The van der Waals surface area contributed by atoms with Crippen molar-refractivity contribution in [3.63, 3.8) is 0 Å². The molecule has 28 heavy (non-hydrogen) atoms. The number of methoxy groups -OCH3 is 1. The summed E-state index contributed by atoms with van der Waals surface area (Å²) in [6, 6.07) is 17.0. The van der Waals surface area contributed by atoms with Crippen molar-refractivity contribution in [1.29, 1.82) is 0 Å².